The monoisotopic (exact) mass is 365 g/mol. The second-order valence-corrected chi connectivity index (χ2v) is 9.73. The topological polar surface area (TPSA) is 55.8 Å². The van der Waals surface area contributed by atoms with E-state index in [1.807, 2.05) is 19.1 Å². The molecule has 0 N–H and O–H groups in total. The third-order valence-corrected chi connectivity index (χ3v) is 7.61. The van der Waals surface area contributed by atoms with Gasteiger partial charge in [0.2, 0.25) is 10.0 Å². The van der Waals surface area contributed by atoms with Crippen LogP contribution >= 0.6 is 0 Å². The van der Waals surface area contributed by atoms with Crippen molar-refractivity contribution in [1.82, 2.24) is 4.31 Å². The Morgan fingerprint density at radius 3 is 2.60 bits per heavy atom. The van der Waals surface area contributed by atoms with Gasteiger partial charge in [-0.3, -0.25) is 0 Å². The Labute approximate surface area is 150 Å². The molecule has 25 heavy (non-hydrogen) atoms. The van der Waals surface area contributed by atoms with Crippen molar-refractivity contribution >= 4 is 10.0 Å². The normalized spacial score (nSPS) is 26.0. The molecule has 1 spiro atoms. The van der Waals surface area contributed by atoms with Crippen molar-refractivity contribution in [3.63, 3.8) is 0 Å². The molecular formula is C19H27NO4S. The maximum absolute atomic E-state index is 12.8. The predicted octanol–water partition coefficient (Wildman–Crippen LogP) is 2.59. The minimum absolute atomic E-state index is 0.291. The van der Waals surface area contributed by atoms with Crippen LogP contribution in [-0.4, -0.2) is 51.2 Å². The summed E-state index contributed by atoms with van der Waals surface area (Å²) in [6.07, 6.45) is 4.58. The Bertz CT molecular complexity index is 705. The average molecular weight is 365 g/mol. The van der Waals surface area contributed by atoms with E-state index in [4.69, 9.17) is 9.47 Å². The number of ether oxygens (including phenoxy) is 2. The highest BCUT2D eigenvalue weighted by molar-refractivity contribution is 7.89. The second kappa shape index (κ2) is 6.65. The van der Waals surface area contributed by atoms with Crippen LogP contribution in [0, 0.1) is 18.8 Å². The summed E-state index contributed by atoms with van der Waals surface area (Å²) in [7, 11) is -3.41. The van der Waals surface area contributed by atoms with Gasteiger partial charge in [-0.15, -0.1) is 0 Å². The Kier molecular flexibility index (Phi) is 4.65. The third-order valence-electron chi connectivity index (χ3n) is 5.81. The molecule has 2 heterocycles. The first-order chi connectivity index (χ1) is 12.0. The lowest BCUT2D eigenvalue weighted by atomic mass is 9.80. The van der Waals surface area contributed by atoms with E-state index in [-0.39, 0.29) is 5.60 Å². The van der Waals surface area contributed by atoms with E-state index in [2.05, 4.69) is 0 Å². The molecule has 5 nitrogen and oxygen atoms in total. The third kappa shape index (κ3) is 3.50. The lowest BCUT2D eigenvalue weighted by molar-refractivity contribution is -0.105. The number of sulfonamides is 1. The molecule has 4 rings (SSSR count). The van der Waals surface area contributed by atoms with Crippen molar-refractivity contribution in [3.8, 4) is 0 Å². The highest BCUT2D eigenvalue weighted by Crippen LogP contribution is 2.43. The number of nitrogens with zero attached hydrogens (tertiary/aromatic N) is 1. The zero-order valence-corrected chi connectivity index (χ0v) is 15.6. The molecule has 0 amide bonds. The molecule has 1 saturated carbocycles. The van der Waals surface area contributed by atoms with Gasteiger partial charge in [0.05, 0.1) is 10.5 Å². The van der Waals surface area contributed by atoms with Crippen LogP contribution in [0.3, 0.4) is 0 Å². The fraction of sp³-hybridized carbons (Fsp3) is 0.684. The first kappa shape index (κ1) is 17.5. The van der Waals surface area contributed by atoms with Crippen molar-refractivity contribution < 1.29 is 17.9 Å². The van der Waals surface area contributed by atoms with Crippen LogP contribution in [0.5, 0.6) is 0 Å². The van der Waals surface area contributed by atoms with Crippen LogP contribution in [0.2, 0.25) is 0 Å². The molecule has 3 aliphatic rings. The minimum atomic E-state index is -3.41. The predicted molar refractivity (Wildman–Crippen MR) is 94.9 cm³/mol. The van der Waals surface area contributed by atoms with Gasteiger partial charge in [-0.1, -0.05) is 17.7 Å². The number of hydrogen-bond acceptors (Lipinski definition) is 4. The molecule has 1 atom stereocenters. The minimum Gasteiger partial charge on any atom is -0.381 e. The molecule has 6 heteroatoms. The van der Waals surface area contributed by atoms with Crippen LogP contribution in [0.1, 0.15) is 31.2 Å². The zero-order valence-electron chi connectivity index (χ0n) is 14.8. The van der Waals surface area contributed by atoms with Gasteiger partial charge in [-0.25, -0.2) is 8.42 Å². The molecule has 1 aromatic rings. The Morgan fingerprint density at radius 2 is 1.92 bits per heavy atom. The van der Waals surface area contributed by atoms with E-state index < -0.39 is 10.0 Å². The Balaban J connectivity index is 1.34. The first-order valence-electron chi connectivity index (χ1n) is 9.28. The van der Waals surface area contributed by atoms with E-state index in [0.717, 1.165) is 44.1 Å². The van der Waals surface area contributed by atoms with E-state index in [9.17, 15) is 8.42 Å². The van der Waals surface area contributed by atoms with Crippen LogP contribution in [-0.2, 0) is 19.5 Å². The number of hydrogen-bond donors (Lipinski definition) is 0. The van der Waals surface area contributed by atoms with E-state index in [1.165, 1.54) is 12.8 Å². The van der Waals surface area contributed by atoms with Crippen LogP contribution in [0.15, 0.2) is 29.2 Å². The Morgan fingerprint density at radius 1 is 1.20 bits per heavy atom. The lowest BCUT2D eigenvalue weighted by Crippen LogP contribution is -2.65. The molecule has 1 aromatic carbocycles. The zero-order chi connectivity index (χ0) is 17.5. The number of aryl methyl sites for hydroxylation is 1. The molecule has 0 aromatic heterocycles. The molecule has 2 saturated heterocycles. The van der Waals surface area contributed by atoms with Gasteiger partial charge in [-0.2, -0.15) is 4.31 Å². The largest absolute Gasteiger partial charge is 0.381 e. The molecule has 1 aliphatic carbocycles. The van der Waals surface area contributed by atoms with E-state index in [0.29, 0.717) is 23.9 Å². The van der Waals surface area contributed by atoms with Gasteiger partial charge in [0.25, 0.3) is 0 Å². The Hall–Kier alpha value is -0.950. The summed E-state index contributed by atoms with van der Waals surface area (Å²) < 4.78 is 38.8. The fourth-order valence-corrected chi connectivity index (χ4v) is 5.44. The fourth-order valence-electron chi connectivity index (χ4n) is 3.88. The molecule has 2 aliphatic heterocycles. The second-order valence-electron chi connectivity index (χ2n) is 7.79. The van der Waals surface area contributed by atoms with Crippen LogP contribution in [0.4, 0.5) is 0 Å². The number of benzene rings is 1. The smallest absolute Gasteiger partial charge is 0.243 e. The maximum Gasteiger partial charge on any atom is 0.243 e. The molecular weight excluding hydrogens is 338 g/mol. The summed E-state index contributed by atoms with van der Waals surface area (Å²) in [5.41, 5.74) is 0.769. The molecule has 0 radical (unpaired) electrons. The number of rotatable bonds is 7. The summed E-state index contributed by atoms with van der Waals surface area (Å²) in [4.78, 5) is 0.371. The standard InChI is InChI=1S/C19H27NO4S/c1-15-2-6-18(7-3-15)25(21,22)20-13-19(14-20)17(9-11-24-19)8-10-23-12-16-4-5-16/h2-3,6-7,16-17H,4-5,8-14H2,1H3/t17-/m1/s1. The SMILES string of the molecule is Cc1ccc(S(=O)(=O)N2CC3(C2)OCC[C@H]3CCOCC2CC2)cc1. The van der Waals surface area contributed by atoms with Gasteiger partial charge in [0.15, 0.2) is 0 Å². The van der Waals surface area contributed by atoms with Gasteiger partial charge in [0.1, 0.15) is 0 Å². The quantitative estimate of drug-likeness (QED) is 0.697. The summed E-state index contributed by atoms with van der Waals surface area (Å²) in [5, 5.41) is 0. The van der Waals surface area contributed by atoms with Crippen LogP contribution < -0.4 is 0 Å². The van der Waals surface area contributed by atoms with E-state index in [1.54, 1.807) is 16.4 Å². The van der Waals surface area contributed by atoms with Crippen LogP contribution in [0.25, 0.3) is 0 Å². The van der Waals surface area contributed by atoms with E-state index >= 15 is 0 Å². The van der Waals surface area contributed by atoms with Crippen molar-refractivity contribution in [3.05, 3.63) is 29.8 Å². The van der Waals surface area contributed by atoms with Gasteiger partial charge >= 0.3 is 0 Å². The van der Waals surface area contributed by atoms with Gasteiger partial charge < -0.3 is 9.47 Å². The molecule has 3 fully saturated rings. The highest BCUT2D eigenvalue weighted by Gasteiger charge is 2.56. The van der Waals surface area contributed by atoms with Gasteiger partial charge in [0, 0.05) is 32.9 Å². The van der Waals surface area contributed by atoms with Crippen molar-refractivity contribution in [2.45, 2.75) is 43.1 Å². The average Bonchev–Trinajstić information content (AvgIpc) is 3.27. The summed E-state index contributed by atoms with van der Waals surface area (Å²) in [5.74, 6) is 1.18. The molecule has 0 bridgehead atoms. The van der Waals surface area contributed by atoms with Crippen molar-refractivity contribution in [2.75, 3.05) is 32.9 Å². The first-order valence-corrected chi connectivity index (χ1v) is 10.7. The van der Waals surface area contributed by atoms with Crippen molar-refractivity contribution in [1.29, 1.82) is 0 Å². The van der Waals surface area contributed by atoms with Crippen molar-refractivity contribution in [2.24, 2.45) is 11.8 Å². The summed E-state index contributed by atoms with van der Waals surface area (Å²) in [6.45, 7) is 5.27. The molecule has 138 valence electrons. The highest BCUT2D eigenvalue weighted by atomic mass is 32.2. The summed E-state index contributed by atoms with van der Waals surface area (Å²) in [6, 6.07) is 7.06. The lowest BCUT2D eigenvalue weighted by Gasteiger charge is -2.49. The maximum atomic E-state index is 12.8. The molecule has 0 unspecified atom stereocenters. The van der Waals surface area contributed by atoms with Gasteiger partial charge in [-0.05, 0) is 56.6 Å². The summed E-state index contributed by atoms with van der Waals surface area (Å²) >= 11 is 0.